The van der Waals surface area contributed by atoms with Crippen LogP contribution in [0.5, 0.6) is 0 Å². The third-order valence-corrected chi connectivity index (χ3v) is 4.25. The van der Waals surface area contributed by atoms with Crippen molar-refractivity contribution in [2.45, 2.75) is 26.2 Å². The van der Waals surface area contributed by atoms with E-state index in [1.54, 1.807) is 18.2 Å². The normalized spacial score (nSPS) is 10.8. The zero-order valence-electron chi connectivity index (χ0n) is 12.9. The number of benzene rings is 1. The molecule has 0 bridgehead atoms. The van der Waals surface area contributed by atoms with Gasteiger partial charge < -0.3 is 5.32 Å². The molecule has 1 aromatic carbocycles. The molecule has 7 heteroatoms. The van der Waals surface area contributed by atoms with Crippen LogP contribution in [0.2, 0.25) is 0 Å². The van der Waals surface area contributed by atoms with E-state index in [2.05, 4.69) is 5.32 Å². The molecule has 22 heavy (non-hydrogen) atoms. The monoisotopic (exact) mass is 323 g/mol. The van der Waals surface area contributed by atoms with Gasteiger partial charge in [-0.15, -0.1) is 0 Å². The minimum absolute atomic E-state index is 0.0473. The quantitative estimate of drug-likeness (QED) is 0.736. The Labute approximate surface area is 131 Å². The van der Waals surface area contributed by atoms with Crippen LogP contribution >= 0.6 is 0 Å². The van der Waals surface area contributed by atoms with Gasteiger partial charge in [0.25, 0.3) is 0 Å². The maximum absolute atomic E-state index is 11.9. The third-order valence-electron chi connectivity index (χ3n) is 3.06. The summed E-state index contributed by atoms with van der Waals surface area (Å²) < 4.78 is 25.0. The van der Waals surface area contributed by atoms with Gasteiger partial charge in [-0.05, 0) is 24.6 Å². The van der Waals surface area contributed by atoms with Crippen molar-refractivity contribution in [3.8, 4) is 6.07 Å². The summed E-state index contributed by atoms with van der Waals surface area (Å²) in [6.07, 6.45) is 3.04. The number of nitrogens with one attached hydrogen (secondary N) is 1. The first-order valence-corrected chi connectivity index (χ1v) is 8.98. The number of hydrogen-bond donors (Lipinski definition) is 1. The molecule has 0 aliphatic carbocycles. The summed E-state index contributed by atoms with van der Waals surface area (Å²) in [7, 11) is -3.52. The van der Waals surface area contributed by atoms with Gasteiger partial charge in [-0.25, -0.2) is 8.42 Å². The van der Waals surface area contributed by atoms with Crippen molar-refractivity contribution < 1.29 is 13.2 Å². The number of amides is 1. The highest BCUT2D eigenvalue weighted by molar-refractivity contribution is 7.92. The Kier molecular flexibility index (Phi) is 6.86. The predicted molar refractivity (Wildman–Crippen MR) is 85.9 cm³/mol. The van der Waals surface area contributed by atoms with E-state index in [1.807, 2.05) is 13.0 Å². The molecule has 120 valence electrons. The number of anilines is 1. The molecule has 0 heterocycles. The highest BCUT2D eigenvalue weighted by Crippen LogP contribution is 2.19. The van der Waals surface area contributed by atoms with E-state index in [4.69, 9.17) is 5.26 Å². The molecule has 1 N–H and O–H groups in total. The van der Waals surface area contributed by atoms with Gasteiger partial charge in [0.2, 0.25) is 15.9 Å². The molecule has 1 aromatic rings. The van der Waals surface area contributed by atoms with Crippen molar-refractivity contribution in [3.05, 3.63) is 29.8 Å². The fourth-order valence-electron chi connectivity index (χ4n) is 1.91. The van der Waals surface area contributed by atoms with Crippen LogP contribution in [0.4, 0.5) is 5.69 Å². The van der Waals surface area contributed by atoms with Crippen LogP contribution in [-0.4, -0.2) is 33.7 Å². The molecule has 1 rings (SSSR count). The van der Waals surface area contributed by atoms with E-state index in [0.29, 0.717) is 17.8 Å². The molecular formula is C15H21N3O3S. The summed E-state index contributed by atoms with van der Waals surface area (Å²) in [6.45, 7) is 2.67. The average molecular weight is 323 g/mol. The van der Waals surface area contributed by atoms with E-state index in [9.17, 15) is 13.2 Å². The van der Waals surface area contributed by atoms with E-state index in [0.717, 1.165) is 23.4 Å². The second-order valence-electron chi connectivity index (χ2n) is 4.95. The Morgan fingerprint density at radius 1 is 1.41 bits per heavy atom. The minimum Gasteiger partial charge on any atom is -0.356 e. The smallest absolute Gasteiger partial charge is 0.232 e. The van der Waals surface area contributed by atoms with Gasteiger partial charge in [0.1, 0.15) is 0 Å². The van der Waals surface area contributed by atoms with E-state index in [1.165, 1.54) is 6.07 Å². The minimum atomic E-state index is -3.52. The lowest BCUT2D eigenvalue weighted by atomic mass is 10.2. The fraction of sp³-hybridized carbons (Fsp3) is 0.467. The summed E-state index contributed by atoms with van der Waals surface area (Å²) in [5, 5.41) is 11.7. The van der Waals surface area contributed by atoms with Crippen LogP contribution in [0.15, 0.2) is 24.3 Å². The molecular weight excluding hydrogens is 302 g/mol. The number of carbonyl (C=O) groups is 1. The number of rotatable bonds is 8. The number of unbranched alkanes of at least 4 members (excludes halogenated alkanes) is 1. The van der Waals surface area contributed by atoms with Gasteiger partial charge in [-0.2, -0.15) is 5.26 Å². The van der Waals surface area contributed by atoms with Crippen LogP contribution in [0.3, 0.4) is 0 Å². The van der Waals surface area contributed by atoms with Crippen LogP contribution < -0.4 is 9.62 Å². The third kappa shape index (κ3) is 5.74. The first kappa shape index (κ1) is 18.0. The predicted octanol–water partition coefficient (Wildman–Crippen LogP) is 1.63. The molecule has 0 aromatic heterocycles. The van der Waals surface area contributed by atoms with Crippen molar-refractivity contribution >= 4 is 21.6 Å². The van der Waals surface area contributed by atoms with Crippen LogP contribution in [0.25, 0.3) is 0 Å². The molecule has 0 radical (unpaired) electrons. The maximum atomic E-state index is 11.9. The number of nitriles is 1. The van der Waals surface area contributed by atoms with Gasteiger partial charge in [-0.3, -0.25) is 9.10 Å². The van der Waals surface area contributed by atoms with E-state index in [-0.39, 0.29) is 18.9 Å². The fourth-order valence-corrected chi connectivity index (χ4v) is 2.83. The second-order valence-corrected chi connectivity index (χ2v) is 6.86. The van der Waals surface area contributed by atoms with Crippen molar-refractivity contribution in [1.29, 1.82) is 5.26 Å². The van der Waals surface area contributed by atoms with Gasteiger partial charge in [-0.1, -0.05) is 19.4 Å². The Morgan fingerprint density at radius 2 is 2.14 bits per heavy atom. The number of hydrogen-bond acceptors (Lipinski definition) is 4. The number of sulfonamides is 1. The second kappa shape index (κ2) is 8.39. The largest absolute Gasteiger partial charge is 0.356 e. The molecule has 0 fully saturated rings. The Hall–Kier alpha value is -2.07. The lowest BCUT2D eigenvalue weighted by Crippen LogP contribution is -2.34. The van der Waals surface area contributed by atoms with E-state index < -0.39 is 10.0 Å². The molecule has 0 spiro atoms. The van der Waals surface area contributed by atoms with Gasteiger partial charge >= 0.3 is 0 Å². The molecule has 0 aliphatic heterocycles. The average Bonchev–Trinajstić information content (AvgIpc) is 2.46. The Morgan fingerprint density at radius 3 is 2.73 bits per heavy atom. The van der Waals surface area contributed by atoms with Gasteiger partial charge in [0.05, 0.1) is 23.6 Å². The molecule has 0 saturated heterocycles. The van der Waals surface area contributed by atoms with Crippen molar-refractivity contribution in [2.75, 3.05) is 23.7 Å². The first-order valence-electron chi connectivity index (χ1n) is 7.13. The standard InChI is InChI=1S/C15H21N3O3S/c1-3-4-9-17-15(19)8-10-18(22(2,20)21)14-7-5-6-13(11-14)12-16/h5-7,11H,3-4,8-10H2,1-2H3,(H,17,19). The van der Waals surface area contributed by atoms with Crippen molar-refractivity contribution in [1.82, 2.24) is 5.32 Å². The summed E-state index contributed by atoms with van der Waals surface area (Å²) >= 11 is 0. The molecule has 1 amide bonds. The lowest BCUT2D eigenvalue weighted by molar-refractivity contribution is -0.120. The number of nitrogens with zero attached hydrogens (tertiary/aromatic N) is 2. The zero-order chi connectivity index (χ0) is 16.6. The molecule has 0 saturated carbocycles. The topological polar surface area (TPSA) is 90.3 Å². The van der Waals surface area contributed by atoms with Crippen LogP contribution in [-0.2, 0) is 14.8 Å². The summed E-state index contributed by atoms with van der Waals surface area (Å²) in [5.74, 6) is -0.182. The van der Waals surface area contributed by atoms with E-state index >= 15 is 0 Å². The highest BCUT2D eigenvalue weighted by atomic mass is 32.2. The summed E-state index contributed by atoms with van der Waals surface area (Å²) in [4.78, 5) is 11.7. The highest BCUT2D eigenvalue weighted by Gasteiger charge is 2.18. The maximum Gasteiger partial charge on any atom is 0.232 e. The van der Waals surface area contributed by atoms with Gasteiger partial charge in [0, 0.05) is 19.5 Å². The van der Waals surface area contributed by atoms with Crippen LogP contribution in [0, 0.1) is 11.3 Å². The Bertz CT molecular complexity index is 650. The number of carbonyl (C=O) groups excluding carboxylic acids is 1. The SMILES string of the molecule is CCCCNC(=O)CCN(c1cccc(C#N)c1)S(C)(=O)=O. The van der Waals surface area contributed by atoms with Crippen molar-refractivity contribution in [3.63, 3.8) is 0 Å². The molecule has 0 aliphatic rings. The summed E-state index contributed by atoms with van der Waals surface area (Å²) in [5.41, 5.74) is 0.765. The van der Waals surface area contributed by atoms with Gasteiger partial charge in [0.15, 0.2) is 0 Å². The Balaban J connectivity index is 2.79. The molecule has 0 atom stereocenters. The molecule has 6 nitrogen and oxygen atoms in total. The zero-order valence-corrected chi connectivity index (χ0v) is 13.7. The molecule has 0 unspecified atom stereocenters. The van der Waals surface area contributed by atoms with Crippen molar-refractivity contribution in [2.24, 2.45) is 0 Å². The summed E-state index contributed by atoms with van der Waals surface area (Å²) in [6, 6.07) is 8.29. The first-order chi connectivity index (χ1) is 10.4. The lowest BCUT2D eigenvalue weighted by Gasteiger charge is -2.22. The van der Waals surface area contributed by atoms with Crippen LogP contribution in [0.1, 0.15) is 31.7 Å².